The lowest BCUT2D eigenvalue weighted by Gasteiger charge is -2.47. The van der Waals surface area contributed by atoms with Gasteiger partial charge in [0.2, 0.25) is 5.91 Å². The van der Waals surface area contributed by atoms with Gasteiger partial charge >= 0.3 is 0 Å². The molecule has 0 atom stereocenters. The summed E-state index contributed by atoms with van der Waals surface area (Å²) in [7, 11) is 0. The van der Waals surface area contributed by atoms with Crippen LogP contribution in [0.15, 0.2) is 18.2 Å². The van der Waals surface area contributed by atoms with Crippen LogP contribution < -0.4 is 0 Å². The lowest BCUT2D eigenvalue weighted by molar-refractivity contribution is -0.139. The summed E-state index contributed by atoms with van der Waals surface area (Å²) in [4.78, 5) is 28.0. The van der Waals surface area contributed by atoms with Gasteiger partial charge in [-0.15, -0.1) is 0 Å². The number of hydrogen-bond donors (Lipinski definition) is 1. The van der Waals surface area contributed by atoms with E-state index in [1.54, 1.807) is 28.9 Å². The minimum atomic E-state index is -0.470. The number of amides is 2. The highest BCUT2D eigenvalue weighted by Gasteiger charge is 2.41. The molecule has 1 aromatic rings. The van der Waals surface area contributed by atoms with Crippen LogP contribution in [0, 0.1) is 18.2 Å². The molecule has 5 nitrogen and oxygen atoms in total. The van der Waals surface area contributed by atoms with Gasteiger partial charge in [-0.25, -0.2) is 4.39 Å². The van der Waals surface area contributed by atoms with Crippen molar-refractivity contribution in [1.82, 2.24) is 9.80 Å². The standard InChI is InChI=1S/C19H25FN2O3/c1-14-2-3-15(16(20)12-14)18(25)21-8-6-19(7-9-21)5-4-17(24)22(13-19)10-11-23/h2-3,12,23H,4-11,13H2,1H3. The number of β-amino-alcohol motifs (C(OH)–C–C–N with tert-alkyl or cyclic N) is 1. The molecule has 25 heavy (non-hydrogen) atoms. The van der Waals surface area contributed by atoms with E-state index in [-0.39, 0.29) is 29.4 Å². The Labute approximate surface area is 147 Å². The van der Waals surface area contributed by atoms with Crippen LogP contribution in [0.5, 0.6) is 0 Å². The molecular weight excluding hydrogens is 323 g/mol. The molecule has 2 saturated heterocycles. The molecule has 1 aromatic carbocycles. The lowest BCUT2D eigenvalue weighted by Crippen LogP contribution is -2.52. The first-order valence-electron chi connectivity index (χ1n) is 8.88. The molecular formula is C19H25FN2O3. The smallest absolute Gasteiger partial charge is 0.256 e. The predicted octanol–water partition coefficient (Wildman–Crippen LogP) is 1.97. The molecule has 2 aliphatic rings. The maximum Gasteiger partial charge on any atom is 0.256 e. The van der Waals surface area contributed by atoms with Crippen molar-refractivity contribution in [2.24, 2.45) is 5.41 Å². The van der Waals surface area contributed by atoms with Crippen molar-refractivity contribution in [2.45, 2.75) is 32.6 Å². The Morgan fingerprint density at radius 3 is 2.64 bits per heavy atom. The predicted molar refractivity (Wildman–Crippen MR) is 91.6 cm³/mol. The summed E-state index contributed by atoms with van der Waals surface area (Å²) in [6.07, 6.45) is 2.94. The molecule has 2 amide bonds. The number of piperidine rings is 2. The summed E-state index contributed by atoms with van der Waals surface area (Å²) < 4.78 is 14.1. The van der Waals surface area contributed by atoms with E-state index in [4.69, 9.17) is 5.11 Å². The number of carbonyl (C=O) groups is 2. The first-order valence-corrected chi connectivity index (χ1v) is 8.88. The normalized spacial score (nSPS) is 20.2. The molecule has 3 rings (SSSR count). The van der Waals surface area contributed by atoms with Crippen molar-refractivity contribution < 1.29 is 19.1 Å². The highest BCUT2D eigenvalue weighted by Crippen LogP contribution is 2.40. The largest absolute Gasteiger partial charge is 0.395 e. The number of aryl methyl sites for hydroxylation is 1. The van der Waals surface area contributed by atoms with Crippen LogP contribution in [0.4, 0.5) is 4.39 Å². The Bertz CT molecular complexity index is 669. The van der Waals surface area contributed by atoms with Crippen molar-refractivity contribution in [3.63, 3.8) is 0 Å². The van der Waals surface area contributed by atoms with E-state index in [1.807, 2.05) is 0 Å². The number of likely N-dealkylation sites (tertiary alicyclic amines) is 2. The molecule has 0 radical (unpaired) electrons. The van der Waals surface area contributed by atoms with Crippen molar-refractivity contribution in [3.05, 3.63) is 35.1 Å². The molecule has 0 aliphatic carbocycles. The maximum atomic E-state index is 14.1. The number of hydrogen-bond acceptors (Lipinski definition) is 3. The van der Waals surface area contributed by atoms with Crippen molar-refractivity contribution in [1.29, 1.82) is 0 Å². The number of aliphatic hydroxyl groups is 1. The zero-order valence-electron chi connectivity index (χ0n) is 14.6. The zero-order chi connectivity index (χ0) is 18.0. The molecule has 0 aromatic heterocycles. The van der Waals surface area contributed by atoms with Crippen molar-refractivity contribution in [3.8, 4) is 0 Å². The van der Waals surface area contributed by atoms with Gasteiger partial charge in [0.25, 0.3) is 5.91 Å². The molecule has 1 N–H and O–H groups in total. The van der Waals surface area contributed by atoms with E-state index in [0.29, 0.717) is 32.6 Å². The second-order valence-electron chi connectivity index (χ2n) is 7.31. The van der Waals surface area contributed by atoms with Crippen LogP contribution in [-0.4, -0.2) is 59.5 Å². The fraction of sp³-hybridized carbons (Fsp3) is 0.579. The quantitative estimate of drug-likeness (QED) is 0.908. The Balaban J connectivity index is 1.65. The molecule has 2 aliphatic heterocycles. The average molecular weight is 348 g/mol. The van der Waals surface area contributed by atoms with Gasteiger partial charge in [0, 0.05) is 32.6 Å². The van der Waals surface area contributed by atoms with Crippen molar-refractivity contribution >= 4 is 11.8 Å². The summed E-state index contributed by atoms with van der Waals surface area (Å²) in [6.45, 7) is 3.94. The summed E-state index contributed by atoms with van der Waals surface area (Å²) >= 11 is 0. The Kier molecular flexibility index (Phi) is 5.08. The summed E-state index contributed by atoms with van der Waals surface area (Å²) in [5.41, 5.74) is 0.941. The number of benzene rings is 1. The fourth-order valence-corrected chi connectivity index (χ4v) is 3.98. The third-order valence-corrected chi connectivity index (χ3v) is 5.58. The molecule has 2 fully saturated rings. The second kappa shape index (κ2) is 7.12. The van der Waals surface area contributed by atoms with Gasteiger partial charge in [0.05, 0.1) is 12.2 Å². The summed E-state index contributed by atoms with van der Waals surface area (Å²) in [5.74, 6) is -0.631. The van der Waals surface area contributed by atoms with Crippen LogP contribution in [0.25, 0.3) is 0 Å². The monoisotopic (exact) mass is 348 g/mol. The van der Waals surface area contributed by atoms with E-state index >= 15 is 0 Å². The minimum Gasteiger partial charge on any atom is -0.395 e. The number of halogens is 1. The van der Waals surface area contributed by atoms with Crippen LogP contribution in [0.2, 0.25) is 0 Å². The Hall–Kier alpha value is -1.95. The first kappa shape index (κ1) is 17.9. The van der Waals surface area contributed by atoms with Crippen LogP contribution >= 0.6 is 0 Å². The molecule has 0 unspecified atom stereocenters. The topological polar surface area (TPSA) is 60.9 Å². The third kappa shape index (κ3) is 3.68. The third-order valence-electron chi connectivity index (χ3n) is 5.58. The molecule has 2 heterocycles. The van der Waals surface area contributed by atoms with Gasteiger partial charge in [0.15, 0.2) is 0 Å². The first-order chi connectivity index (χ1) is 11.9. The molecule has 0 bridgehead atoms. The SMILES string of the molecule is Cc1ccc(C(=O)N2CCC3(CCC(=O)N(CCO)C3)CC2)c(F)c1. The van der Waals surface area contributed by atoms with Crippen LogP contribution in [0.1, 0.15) is 41.6 Å². The highest BCUT2D eigenvalue weighted by atomic mass is 19.1. The number of rotatable bonds is 3. The Morgan fingerprint density at radius 2 is 2.00 bits per heavy atom. The average Bonchev–Trinajstić information content (AvgIpc) is 2.59. The molecule has 1 spiro atoms. The Morgan fingerprint density at radius 1 is 1.28 bits per heavy atom. The number of nitrogens with zero attached hydrogens (tertiary/aromatic N) is 2. The minimum absolute atomic E-state index is 0.0195. The number of carbonyl (C=O) groups excluding carboxylic acids is 2. The van der Waals surface area contributed by atoms with Gasteiger partial charge in [0.1, 0.15) is 5.82 Å². The van der Waals surface area contributed by atoms with Gasteiger partial charge in [-0.05, 0) is 49.3 Å². The lowest BCUT2D eigenvalue weighted by atomic mass is 9.72. The van der Waals surface area contributed by atoms with E-state index in [9.17, 15) is 14.0 Å². The van der Waals surface area contributed by atoms with E-state index in [0.717, 1.165) is 24.8 Å². The number of aliphatic hydroxyl groups excluding tert-OH is 1. The molecule has 6 heteroatoms. The highest BCUT2D eigenvalue weighted by molar-refractivity contribution is 5.94. The van der Waals surface area contributed by atoms with E-state index in [1.165, 1.54) is 6.07 Å². The van der Waals surface area contributed by atoms with Crippen LogP contribution in [0.3, 0.4) is 0 Å². The van der Waals surface area contributed by atoms with Crippen molar-refractivity contribution in [2.75, 3.05) is 32.8 Å². The van der Waals surface area contributed by atoms with E-state index < -0.39 is 5.82 Å². The zero-order valence-corrected chi connectivity index (χ0v) is 14.6. The van der Waals surface area contributed by atoms with E-state index in [2.05, 4.69) is 0 Å². The summed E-state index contributed by atoms with van der Waals surface area (Å²) in [6, 6.07) is 4.69. The van der Waals surface area contributed by atoms with Crippen LogP contribution in [-0.2, 0) is 4.79 Å². The van der Waals surface area contributed by atoms with Gasteiger partial charge in [-0.1, -0.05) is 6.07 Å². The molecule has 136 valence electrons. The second-order valence-corrected chi connectivity index (χ2v) is 7.31. The van der Waals surface area contributed by atoms with Gasteiger partial charge in [-0.2, -0.15) is 0 Å². The summed E-state index contributed by atoms with van der Waals surface area (Å²) in [5, 5.41) is 9.13. The fourth-order valence-electron chi connectivity index (χ4n) is 3.98. The maximum absolute atomic E-state index is 14.1. The van der Waals surface area contributed by atoms with Gasteiger partial charge < -0.3 is 14.9 Å². The molecule has 0 saturated carbocycles. The van der Waals surface area contributed by atoms with Gasteiger partial charge in [-0.3, -0.25) is 9.59 Å².